The van der Waals surface area contributed by atoms with Gasteiger partial charge in [-0.2, -0.15) is 13.2 Å². The van der Waals surface area contributed by atoms with E-state index in [0.29, 0.717) is 5.56 Å². The minimum Gasteiger partial charge on any atom is -0.481 e. The summed E-state index contributed by atoms with van der Waals surface area (Å²) in [5.74, 6) is -0.349. The molecule has 1 heterocycles. The number of carbonyl (C=O) groups excluding carboxylic acids is 1. The maximum atomic E-state index is 12.5. The smallest absolute Gasteiger partial charge is 0.433 e. The molecule has 8 heteroatoms. The first kappa shape index (κ1) is 15.2. The zero-order chi connectivity index (χ0) is 14.6. The second kappa shape index (κ2) is 5.87. The third-order valence-electron chi connectivity index (χ3n) is 2.40. The summed E-state index contributed by atoms with van der Waals surface area (Å²) in [6.45, 7) is 1.49. The Morgan fingerprint density at radius 3 is 2.58 bits per heavy atom. The maximum absolute atomic E-state index is 12.5. The van der Waals surface area contributed by atoms with Gasteiger partial charge in [-0.1, -0.05) is 6.07 Å². The third-order valence-corrected chi connectivity index (χ3v) is 2.40. The standard InChI is InChI=1S/C11H14F3N3O2/c1-7(18)17(2)15-6-8-4-5-9(11(12,13)14)16-10(8)19-3/h4-5,15H,6H2,1-3H3. The third kappa shape index (κ3) is 4.09. The van der Waals surface area contributed by atoms with Crippen LogP contribution in [-0.2, 0) is 17.5 Å². The number of hydrogen-bond acceptors (Lipinski definition) is 4. The van der Waals surface area contributed by atoms with Crippen LogP contribution in [0.1, 0.15) is 18.2 Å². The van der Waals surface area contributed by atoms with Gasteiger partial charge in [0, 0.05) is 26.1 Å². The van der Waals surface area contributed by atoms with Crippen LogP contribution in [0.2, 0.25) is 0 Å². The summed E-state index contributed by atoms with van der Waals surface area (Å²) in [4.78, 5) is 14.4. The van der Waals surface area contributed by atoms with E-state index in [1.54, 1.807) is 0 Å². The fourth-order valence-electron chi connectivity index (χ4n) is 1.25. The van der Waals surface area contributed by atoms with Crippen LogP contribution in [0, 0.1) is 0 Å². The zero-order valence-corrected chi connectivity index (χ0v) is 10.7. The number of methoxy groups -OCH3 is 1. The van der Waals surface area contributed by atoms with Gasteiger partial charge in [-0.3, -0.25) is 9.80 Å². The number of alkyl halides is 3. The first-order valence-corrected chi connectivity index (χ1v) is 5.34. The van der Waals surface area contributed by atoms with Gasteiger partial charge in [-0.15, -0.1) is 0 Å². The van der Waals surface area contributed by atoms with E-state index >= 15 is 0 Å². The number of carbonyl (C=O) groups is 1. The molecule has 1 aromatic rings. The van der Waals surface area contributed by atoms with Gasteiger partial charge in [0.1, 0.15) is 5.69 Å². The molecule has 0 unspecified atom stereocenters. The molecule has 0 saturated heterocycles. The maximum Gasteiger partial charge on any atom is 0.433 e. The summed E-state index contributed by atoms with van der Waals surface area (Å²) < 4.78 is 42.2. The lowest BCUT2D eigenvalue weighted by molar-refractivity contribution is -0.141. The molecule has 106 valence electrons. The number of hydrazine groups is 1. The number of amides is 1. The Balaban J connectivity index is 2.88. The average Bonchev–Trinajstić information content (AvgIpc) is 2.34. The van der Waals surface area contributed by atoms with E-state index in [9.17, 15) is 18.0 Å². The quantitative estimate of drug-likeness (QED) is 0.849. The summed E-state index contributed by atoms with van der Waals surface area (Å²) in [7, 11) is 2.74. The second-order valence-corrected chi connectivity index (χ2v) is 3.78. The van der Waals surface area contributed by atoms with Gasteiger partial charge < -0.3 is 4.74 Å². The highest BCUT2D eigenvalue weighted by Gasteiger charge is 2.33. The Hall–Kier alpha value is -1.83. The Bertz CT molecular complexity index is 463. The van der Waals surface area contributed by atoms with E-state index in [2.05, 4.69) is 10.4 Å². The molecule has 0 aliphatic rings. The molecule has 1 aromatic heterocycles. The van der Waals surface area contributed by atoms with Crippen LogP contribution >= 0.6 is 0 Å². The number of aromatic nitrogens is 1. The summed E-state index contributed by atoms with van der Waals surface area (Å²) in [5, 5.41) is 1.22. The molecular formula is C11H14F3N3O2. The number of nitrogens with one attached hydrogen (secondary N) is 1. The minimum atomic E-state index is -4.52. The van der Waals surface area contributed by atoms with Crippen molar-refractivity contribution in [3.05, 3.63) is 23.4 Å². The predicted octanol–water partition coefficient (Wildman–Crippen LogP) is 1.59. The van der Waals surface area contributed by atoms with Crippen molar-refractivity contribution in [2.45, 2.75) is 19.6 Å². The SMILES string of the molecule is COc1nc(C(F)(F)F)ccc1CNN(C)C(C)=O. The summed E-state index contributed by atoms with van der Waals surface area (Å²) in [6, 6.07) is 2.13. The van der Waals surface area contributed by atoms with E-state index in [4.69, 9.17) is 4.74 Å². The van der Waals surface area contributed by atoms with Crippen LogP contribution in [0.25, 0.3) is 0 Å². The number of halogens is 3. The highest BCUT2D eigenvalue weighted by Crippen LogP contribution is 2.30. The Morgan fingerprint density at radius 2 is 2.11 bits per heavy atom. The molecule has 0 saturated carbocycles. The number of ether oxygens (including phenoxy) is 1. The molecule has 0 bridgehead atoms. The lowest BCUT2D eigenvalue weighted by Crippen LogP contribution is -2.37. The van der Waals surface area contributed by atoms with Crippen molar-refractivity contribution in [2.75, 3.05) is 14.2 Å². The van der Waals surface area contributed by atoms with Crippen molar-refractivity contribution < 1.29 is 22.7 Å². The van der Waals surface area contributed by atoms with E-state index in [1.165, 1.54) is 32.2 Å². The van der Waals surface area contributed by atoms with Gasteiger partial charge in [0.05, 0.1) is 7.11 Å². The van der Waals surface area contributed by atoms with Gasteiger partial charge in [0.15, 0.2) is 0 Å². The van der Waals surface area contributed by atoms with E-state index in [1.807, 2.05) is 0 Å². The van der Waals surface area contributed by atoms with Crippen molar-refractivity contribution in [1.82, 2.24) is 15.4 Å². The van der Waals surface area contributed by atoms with Crippen LogP contribution in [0.5, 0.6) is 5.88 Å². The van der Waals surface area contributed by atoms with E-state index < -0.39 is 11.9 Å². The first-order chi connectivity index (χ1) is 8.75. The van der Waals surface area contributed by atoms with Gasteiger partial charge in [0.2, 0.25) is 11.8 Å². The normalized spacial score (nSPS) is 11.3. The summed E-state index contributed by atoms with van der Waals surface area (Å²) in [5.41, 5.74) is 2.11. The molecule has 0 fully saturated rings. The van der Waals surface area contributed by atoms with Crippen LogP contribution in [0.15, 0.2) is 12.1 Å². The molecule has 0 spiro atoms. The first-order valence-electron chi connectivity index (χ1n) is 5.34. The topological polar surface area (TPSA) is 54.5 Å². The Kier molecular flexibility index (Phi) is 4.71. The van der Waals surface area contributed by atoms with Crippen LogP contribution in [0.3, 0.4) is 0 Å². The van der Waals surface area contributed by atoms with Crippen LogP contribution in [0.4, 0.5) is 13.2 Å². The molecule has 5 nitrogen and oxygen atoms in total. The van der Waals surface area contributed by atoms with Crippen molar-refractivity contribution in [1.29, 1.82) is 0 Å². The molecule has 0 aromatic carbocycles. The van der Waals surface area contributed by atoms with Gasteiger partial charge in [-0.25, -0.2) is 10.4 Å². The molecule has 1 rings (SSSR count). The molecule has 1 N–H and O–H groups in total. The number of rotatable bonds is 4. The molecule has 0 atom stereocenters. The number of nitrogens with zero attached hydrogens (tertiary/aromatic N) is 2. The number of hydrogen-bond donors (Lipinski definition) is 1. The molecule has 0 radical (unpaired) electrons. The van der Waals surface area contributed by atoms with Gasteiger partial charge >= 0.3 is 6.18 Å². The molecule has 1 amide bonds. The minimum absolute atomic E-state index is 0.126. The Labute approximate surface area is 108 Å². The average molecular weight is 277 g/mol. The predicted molar refractivity (Wildman–Crippen MR) is 61.1 cm³/mol. The second-order valence-electron chi connectivity index (χ2n) is 3.78. The van der Waals surface area contributed by atoms with Crippen LogP contribution < -0.4 is 10.2 Å². The molecular weight excluding hydrogens is 263 g/mol. The van der Waals surface area contributed by atoms with E-state index in [0.717, 1.165) is 6.07 Å². The fraction of sp³-hybridized carbons (Fsp3) is 0.455. The zero-order valence-electron chi connectivity index (χ0n) is 10.7. The van der Waals surface area contributed by atoms with Gasteiger partial charge in [0.25, 0.3) is 0 Å². The summed E-state index contributed by atoms with van der Waals surface area (Å²) in [6.07, 6.45) is -4.52. The highest BCUT2D eigenvalue weighted by molar-refractivity contribution is 5.72. The molecule has 0 aliphatic heterocycles. The lowest BCUT2D eigenvalue weighted by Gasteiger charge is -2.17. The molecule has 0 aliphatic carbocycles. The van der Waals surface area contributed by atoms with Crippen LogP contribution in [-0.4, -0.2) is 30.1 Å². The fourth-order valence-corrected chi connectivity index (χ4v) is 1.25. The van der Waals surface area contributed by atoms with Crippen molar-refractivity contribution in [3.63, 3.8) is 0 Å². The molecule has 19 heavy (non-hydrogen) atoms. The lowest BCUT2D eigenvalue weighted by atomic mass is 10.2. The largest absolute Gasteiger partial charge is 0.481 e. The Morgan fingerprint density at radius 1 is 1.47 bits per heavy atom. The van der Waals surface area contributed by atoms with Crippen molar-refractivity contribution >= 4 is 5.91 Å². The van der Waals surface area contributed by atoms with Crippen molar-refractivity contribution in [3.8, 4) is 5.88 Å². The summed E-state index contributed by atoms with van der Waals surface area (Å²) >= 11 is 0. The number of pyridine rings is 1. The van der Waals surface area contributed by atoms with Crippen molar-refractivity contribution in [2.24, 2.45) is 0 Å². The van der Waals surface area contributed by atoms with E-state index in [-0.39, 0.29) is 18.3 Å². The monoisotopic (exact) mass is 277 g/mol. The highest BCUT2D eigenvalue weighted by atomic mass is 19.4. The van der Waals surface area contributed by atoms with Gasteiger partial charge in [-0.05, 0) is 6.07 Å².